The molecule has 3 aliphatic rings. The summed E-state index contributed by atoms with van der Waals surface area (Å²) in [7, 11) is -2.81. The maximum Gasteiger partial charge on any atom is 0.148 e. The van der Waals surface area contributed by atoms with E-state index in [0.29, 0.717) is 12.6 Å². The molecule has 3 saturated heterocycles. The Kier molecular flexibility index (Phi) is 3.33. The smallest absolute Gasteiger partial charge is 0.148 e. The normalized spacial score (nSPS) is 35.7. The Morgan fingerprint density at radius 1 is 1.33 bits per heavy atom. The molecule has 0 aromatic carbocycles. The Morgan fingerprint density at radius 3 is 2.47 bits per heavy atom. The standard InChI is InChI=1S/C10H20N2O2S/c1-15(13,14)7-4-11-10-8-12-5-2-9(10)3-6-12/h9-11H,2-8H2,1H3. The Balaban J connectivity index is 1.76. The molecule has 4 nitrogen and oxygen atoms in total. The minimum Gasteiger partial charge on any atom is -0.311 e. The van der Waals surface area contributed by atoms with E-state index in [9.17, 15) is 8.42 Å². The average molecular weight is 232 g/mol. The van der Waals surface area contributed by atoms with Gasteiger partial charge in [-0.15, -0.1) is 0 Å². The van der Waals surface area contributed by atoms with Crippen LogP contribution in [0.25, 0.3) is 0 Å². The van der Waals surface area contributed by atoms with Crippen LogP contribution < -0.4 is 5.32 Å². The fourth-order valence-corrected chi connectivity index (χ4v) is 3.11. The predicted molar refractivity (Wildman–Crippen MR) is 60.7 cm³/mol. The van der Waals surface area contributed by atoms with E-state index in [1.54, 1.807) is 0 Å². The molecular formula is C10H20N2O2S. The maximum atomic E-state index is 11.0. The topological polar surface area (TPSA) is 49.4 Å². The van der Waals surface area contributed by atoms with Gasteiger partial charge < -0.3 is 10.2 Å². The third kappa shape index (κ3) is 3.16. The molecule has 0 saturated carbocycles. The van der Waals surface area contributed by atoms with Crippen molar-refractivity contribution in [1.29, 1.82) is 0 Å². The number of hydrogen-bond donors (Lipinski definition) is 1. The Morgan fingerprint density at radius 2 is 2.00 bits per heavy atom. The number of nitrogens with one attached hydrogen (secondary N) is 1. The van der Waals surface area contributed by atoms with Crippen LogP contribution in [0.15, 0.2) is 0 Å². The Bertz CT molecular complexity index is 307. The second kappa shape index (κ2) is 4.39. The highest BCUT2D eigenvalue weighted by Gasteiger charge is 2.33. The molecule has 0 aromatic rings. The van der Waals surface area contributed by atoms with E-state index in [1.807, 2.05) is 0 Å². The molecule has 1 unspecified atom stereocenters. The SMILES string of the molecule is CS(=O)(=O)CCNC1CN2CCC1CC2. The van der Waals surface area contributed by atoms with Crippen LogP contribution >= 0.6 is 0 Å². The lowest BCUT2D eigenvalue weighted by Gasteiger charge is -2.45. The minimum atomic E-state index is -2.81. The van der Waals surface area contributed by atoms with Crippen molar-refractivity contribution in [3.05, 3.63) is 0 Å². The molecule has 3 rings (SSSR count). The molecule has 88 valence electrons. The van der Waals surface area contributed by atoms with E-state index in [1.165, 1.54) is 32.2 Å². The molecule has 0 aliphatic carbocycles. The predicted octanol–water partition coefficient (Wildman–Crippen LogP) is -0.285. The zero-order chi connectivity index (χ0) is 10.9. The summed E-state index contributed by atoms with van der Waals surface area (Å²) in [6.07, 6.45) is 3.85. The molecule has 3 fully saturated rings. The Labute approximate surface area is 91.9 Å². The monoisotopic (exact) mass is 232 g/mol. The first-order chi connectivity index (χ1) is 7.04. The summed E-state index contributed by atoms with van der Waals surface area (Å²) in [6.45, 7) is 4.17. The summed E-state index contributed by atoms with van der Waals surface area (Å²) in [4.78, 5) is 2.47. The van der Waals surface area contributed by atoms with Crippen LogP contribution in [0.3, 0.4) is 0 Å². The molecule has 0 spiro atoms. The highest BCUT2D eigenvalue weighted by Crippen LogP contribution is 2.27. The summed E-state index contributed by atoms with van der Waals surface area (Å²) >= 11 is 0. The van der Waals surface area contributed by atoms with Crippen LogP contribution in [0.4, 0.5) is 0 Å². The zero-order valence-electron chi connectivity index (χ0n) is 9.28. The number of piperidine rings is 3. The highest BCUT2D eigenvalue weighted by atomic mass is 32.2. The van der Waals surface area contributed by atoms with Gasteiger partial charge in [0.15, 0.2) is 0 Å². The van der Waals surface area contributed by atoms with Gasteiger partial charge in [0.2, 0.25) is 0 Å². The zero-order valence-corrected chi connectivity index (χ0v) is 10.1. The molecule has 15 heavy (non-hydrogen) atoms. The molecule has 0 radical (unpaired) electrons. The summed E-state index contributed by atoms with van der Waals surface area (Å²) in [5, 5.41) is 3.39. The summed E-state index contributed by atoms with van der Waals surface area (Å²) in [5.74, 6) is 1.03. The van der Waals surface area contributed by atoms with Crippen LogP contribution in [0.1, 0.15) is 12.8 Å². The van der Waals surface area contributed by atoms with Crippen molar-refractivity contribution in [2.24, 2.45) is 5.92 Å². The third-order valence-electron chi connectivity index (χ3n) is 3.54. The second-order valence-electron chi connectivity index (χ2n) is 4.83. The quantitative estimate of drug-likeness (QED) is 0.724. The fraction of sp³-hybridized carbons (Fsp3) is 1.00. The fourth-order valence-electron chi connectivity index (χ4n) is 2.63. The van der Waals surface area contributed by atoms with Gasteiger partial charge in [-0.1, -0.05) is 0 Å². The van der Waals surface area contributed by atoms with Crippen LogP contribution in [0.2, 0.25) is 0 Å². The van der Waals surface area contributed by atoms with Crippen molar-refractivity contribution >= 4 is 9.84 Å². The van der Waals surface area contributed by atoms with Crippen molar-refractivity contribution in [2.45, 2.75) is 18.9 Å². The van der Waals surface area contributed by atoms with Crippen LogP contribution in [-0.2, 0) is 9.84 Å². The molecule has 0 aromatic heterocycles. The van der Waals surface area contributed by atoms with Crippen molar-refractivity contribution in [3.8, 4) is 0 Å². The van der Waals surface area contributed by atoms with E-state index in [0.717, 1.165) is 12.5 Å². The van der Waals surface area contributed by atoms with Gasteiger partial charge in [-0.05, 0) is 31.8 Å². The van der Waals surface area contributed by atoms with E-state index in [-0.39, 0.29) is 5.75 Å². The van der Waals surface area contributed by atoms with Crippen molar-refractivity contribution in [3.63, 3.8) is 0 Å². The molecule has 3 aliphatic heterocycles. The highest BCUT2D eigenvalue weighted by molar-refractivity contribution is 7.90. The maximum absolute atomic E-state index is 11.0. The lowest BCUT2D eigenvalue weighted by molar-refractivity contribution is 0.0738. The number of rotatable bonds is 4. The first-order valence-corrected chi connectivity index (χ1v) is 7.74. The number of fused-ring (bicyclic) bond motifs is 3. The lowest BCUT2D eigenvalue weighted by atomic mass is 9.84. The van der Waals surface area contributed by atoms with E-state index < -0.39 is 9.84 Å². The van der Waals surface area contributed by atoms with Crippen LogP contribution in [0.5, 0.6) is 0 Å². The first kappa shape index (κ1) is 11.4. The summed E-state index contributed by atoms with van der Waals surface area (Å²) in [5.41, 5.74) is 0. The lowest BCUT2D eigenvalue weighted by Crippen LogP contribution is -2.56. The molecule has 1 atom stereocenters. The van der Waals surface area contributed by atoms with E-state index >= 15 is 0 Å². The second-order valence-corrected chi connectivity index (χ2v) is 7.09. The molecule has 2 bridgehead atoms. The van der Waals surface area contributed by atoms with E-state index in [2.05, 4.69) is 10.2 Å². The van der Waals surface area contributed by atoms with Gasteiger partial charge in [-0.3, -0.25) is 0 Å². The number of nitrogens with zero attached hydrogens (tertiary/aromatic N) is 1. The summed E-state index contributed by atoms with van der Waals surface area (Å²) < 4.78 is 22.0. The van der Waals surface area contributed by atoms with Gasteiger partial charge in [0.1, 0.15) is 9.84 Å². The number of sulfone groups is 1. The first-order valence-electron chi connectivity index (χ1n) is 5.68. The van der Waals surface area contributed by atoms with Gasteiger partial charge >= 0.3 is 0 Å². The van der Waals surface area contributed by atoms with Crippen LogP contribution in [0, 0.1) is 5.92 Å². The van der Waals surface area contributed by atoms with Crippen molar-refractivity contribution in [2.75, 3.05) is 38.2 Å². The minimum absolute atomic E-state index is 0.260. The van der Waals surface area contributed by atoms with Gasteiger partial charge in [0, 0.05) is 25.4 Å². The van der Waals surface area contributed by atoms with Gasteiger partial charge in [-0.25, -0.2) is 8.42 Å². The molecule has 3 heterocycles. The largest absolute Gasteiger partial charge is 0.311 e. The van der Waals surface area contributed by atoms with Crippen molar-refractivity contribution in [1.82, 2.24) is 10.2 Å². The average Bonchev–Trinajstić information content (AvgIpc) is 2.17. The van der Waals surface area contributed by atoms with Crippen LogP contribution in [-0.4, -0.2) is 57.5 Å². The molecule has 1 N–H and O–H groups in total. The van der Waals surface area contributed by atoms with Gasteiger partial charge in [-0.2, -0.15) is 0 Å². The molecule has 5 heteroatoms. The summed E-state index contributed by atoms with van der Waals surface area (Å²) in [6, 6.07) is 0.522. The molecular weight excluding hydrogens is 212 g/mol. The number of hydrogen-bond acceptors (Lipinski definition) is 4. The van der Waals surface area contributed by atoms with Crippen molar-refractivity contribution < 1.29 is 8.42 Å². The molecule has 0 amide bonds. The van der Waals surface area contributed by atoms with Gasteiger partial charge in [0.25, 0.3) is 0 Å². The third-order valence-corrected chi connectivity index (χ3v) is 4.48. The van der Waals surface area contributed by atoms with E-state index in [4.69, 9.17) is 0 Å². The van der Waals surface area contributed by atoms with Gasteiger partial charge in [0.05, 0.1) is 5.75 Å². The Hall–Kier alpha value is -0.130.